The minimum absolute atomic E-state index is 0.0150. The van der Waals surface area contributed by atoms with Gasteiger partial charge in [0.15, 0.2) is 0 Å². The molecule has 0 bridgehead atoms. The summed E-state index contributed by atoms with van der Waals surface area (Å²) in [6.45, 7) is 4.41. The fourth-order valence-electron chi connectivity index (χ4n) is 2.74. The zero-order chi connectivity index (χ0) is 19.6. The van der Waals surface area contributed by atoms with Gasteiger partial charge in [-0.2, -0.15) is 9.57 Å². The second-order valence-electron chi connectivity index (χ2n) is 6.40. The normalized spacial score (nSPS) is 15.7. The third kappa shape index (κ3) is 3.70. The molecular formula is C17H19N5O4S. The van der Waals surface area contributed by atoms with Gasteiger partial charge in [0.25, 0.3) is 0 Å². The van der Waals surface area contributed by atoms with E-state index in [0.29, 0.717) is 5.89 Å². The summed E-state index contributed by atoms with van der Waals surface area (Å²) in [5, 5.41) is 16.8. The Balaban J connectivity index is 1.71. The zero-order valence-electron chi connectivity index (χ0n) is 15.0. The molecule has 0 atom stereocenters. The van der Waals surface area contributed by atoms with Gasteiger partial charge in [0.05, 0.1) is 10.5 Å². The van der Waals surface area contributed by atoms with E-state index in [9.17, 15) is 13.2 Å². The number of hydrogen-bond donors (Lipinski definition) is 0. The molecular weight excluding hydrogens is 370 g/mol. The lowest BCUT2D eigenvalue weighted by Crippen LogP contribution is -2.50. The van der Waals surface area contributed by atoms with Gasteiger partial charge in [0.1, 0.15) is 6.07 Å². The lowest BCUT2D eigenvalue weighted by molar-refractivity contribution is 0.0655. The molecule has 1 fully saturated rings. The van der Waals surface area contributed by atoms with Crippen LogP contribution in [0.5, 0.6) is 0 Å². The van der Waals surface area contributed by atoms with E-state index >= 15 is 0 Å². The average Bonchev–Trinajstić information content (AvgIpc) is 3.18. The summed E-state index contributed by atoms with van der Waals surface area (Å²) < 4.78 is 32.3. The first kappa shape index (κ1) is 19.0. The summed E-state index contributed by atoms with van der Waals surface area (Å²) >= 11 is 0. The van der Waals surface area contributed by atoms with Gasteiger partial charge in [-0.05, 0) is 12.1 Å². The van der Waals surface area contributed by atoms with E-state index in [1.165, 1.54) is 21.3 Å². The Hall–Kier alpha value is -2.77. The number of carbonyl (C=O) groups is 1. The van der Waals surface area contributed by atoms with Crippen LogP contribution in [0, 0.1) is 11.3 Å². The first-order chi connectivity index (χ1) is 12.8. The molecule has 1 aromatic carbocycles. The van der Waals surface area contributed by atoms with Crippen LogP contribution >= 0.6 is 0 Å². The highest BCUT2D eigenvalue weighted by Crippen LogP contribution is 2.21. The van der Waals surface area contributed by atoms with Crippen molar-refractivity contribution in [2.75, 3.05) is 26.2 Å². The van der Waals surface area contributed by atoms with Crippen LogP contribution in [0.3, 0.4) is 0 Å². The van der Waals surface area contributed by atoms with E-state index < -0.39 is 15.9 Å². The first-order valence-electron chi connectivity index (χ1n) is 8.46. The summed E-state index contributed by atoms with van der Waals surface area (Å²) in [4.78, 5) is 13.9. The highest BCUT2D eigenvalue weighted by molar-refractivity contribution is 7.89. The van der Waals surface area contributed by atoms with E-state index in [1.54, 1.807) is 12.1 Å². The van der Waals surface area contributed by atoms with Crippen molar-refractivity contribution in [3.8, 4) is 6.07 Å². The number of nitrogens with zero attached hydrogens (tertiary/aromatic N) is 5. The van der Waals surface area contributed by atoms with Crippen LogP contribution in [0.2, 0.25) is 0 Å². The number of rotatable bonds is 4. The highest BCUT2D eigenvalue weighted by atomic mass is 32.2. The largest absolute Gasteiger partial charge is 0.417 e. The molecule has 0 radical (unpaired) electrons. The molecule has 1 aliphatic rings. The summed E-state index contributed by atoms with van der Waals surface area (Å²) in [5.74, 6) is -0.109. The van der Waals surface area contributed by atoms with Crippen molar-refractivity contribution in [1.82, 2.24) is 19.4 Å². The lowest BCUT2D eigenvalue weighted by atomic mass is 10.2. The number of nitriles is 1. The van der Waals surface area contributed by atoms with Gasteiger partial charge in [-0.25, -0.2) is 8.42 Å². The van der Waals surface area contributed by atoms with Gasteiger partial charge in [0, 0.05) is 32.1 Å². The van der Waals surface area contributed by atoms with Gasteiger partial charge in [-0.1, -0.05) is 26.0 Å². The minimum atomic E-state index is -3.80. The van der Waals surface area contributed by atoms with Crippen molar-refractivity contribution in [2.45, 2.75) is 24.7 Å². The molecule has 9 nitrogen and oxygen atoms in total. The number of aromatic nitrogens is 2. The first-order valence-corrected chi connectivity index (χ1v) is 9.90. The van der Waals surface area contributed by atoms with E-state index in [2.05, 4.69) is 10.2 Å². The van der Waals surface area contributed by atoms with Crippen LogP contribution in [0.1, 0.15) is 41.9 Å². The average molecular weight is 389 g/mol. The predicted molar refractivity (Wildman–Crippen MR) is 94.2 cm³/mol. The lowest BCUT2D eigenvalue weighted by Gasteiger charge is -2.33. The number of benzene rings is 1. The predicted octanol–water partition coefficient (Wildman–Crippen LogP) is 1.21. The second-order valence-corrected chi connectivity index (χ2v) is 8.31. The zero-order valence-corrected chi connectivity index (χ0v) is 15.8. The Morgan fingerprint density at radius 1 is 1.19 bits per heavy atom. The molecule has 0 unspecified atom stereocenters. The molecule has 2 heterocycles. The smallest absolute Gasteiger partial charge is 0.311 e. The summed E-state index contributed by atoms with van der Waals surface area (Å²) in [6.07, 6.45) is 0. The number of piperazine rings is 1. The monoisotopic (exact) mass is 389 g/mol. The van der Waals surface area contributed by atoms with Crippen LogP contribution in [0.25, 0.3) is 0 Å². The topological polar surface area (TPSA) is 120 Å². The van der Waals surface area contributed by atoms with Crippen molar-refractivity contribution >= 4 is 15.9 Å². The van der Waals surface area contributed by atoms with E-state index in [0.717, 1.165) is 0 Å². The molecule has 0 aliphatic carbocycles. The number of sulfonamides is 1. The maximum absolute atomic E-state index is 12.8. The molecule has 1 amide bonds. The fraction of sp³-hybridized carbons (Fsp3) is 0.412. The fourth-order valence-corrected chi connectivity index (χ4v) is 4.31. The Labute approximate surface area is 157 Å². The molecule has 0 spiro atoms. The number of carbonyl (C=O) groups excluding carboxylic acids is 1. The molecule has 1 aliphatic heterocycles. The molecule has 27 heavy (non-hydrogen) atoms. The molecule has 3 rings (SSSR count). The van der Waals surface area contributed by atoms with Crippen LogP contribution in [0.4, 0.5) is 0 Å². The molecule has 10 heteroatoms. The molecule has 1 aromatic heterocycles. The maximum Gasteiger partial charge on any atom is 0.311 e. The van der Waals surface area contributed by atoms with Crippen LogP contribution in [-0.2, 0) is 10.0 Å². The van der Waals surface area contributed by atoms with Crippen molar-refractivity contribution in [3.05, 3.63) is 41.6 Å². The Kier molecular flexibility index (Phi) is 5.25. The third-order valence-corrected chi connectivity index (χ3v) is 6.23. The number of amides is 1. The summed E-state index contributed by atoms with van der Waals surface area (Å²) in [5.41, 5.74) is 0.100. The van der Waals surface area contributed by atoms with Crippen LogP contribution in [-0.4, -0.2) is 59.9 Å². The summed E-state index contributed by atoms with van der Waals surface area (Å²) in [6, 6.07) is 7.98. The van der Waals surface area contributed by atoms with E-state index in [1.807, 2.05) is 19.9 Å². The van der Waals surface area contributed by atoms with Crippen LogP contribution < -0.4 is 0 Å². The van der Waals surface area contributed by atoms with E-state index in [-0.39, 0.29) is 48.4 Å². The van der Waals surface area contributed by atoms with Crippen LogP contribution in [0.15, 0.2) is 33.6 Å². The van der Waals surface area contributed by atoms with Crippen molar-refractivity contribution in [1.29, 1.82) is 5.26 Å². The third-order valence-electron chi connectivity index (χ3n) is 4.27. The Morgan fingerprint density at radius 3 is 2.44 bits per heavy atom. The molecule has 1 saturated heterocycles. The number of hydrogen-bond acceptors (Lipinski definition) is 7. The molecule has 0 N–H and O–H groups in total. The Bertz CT molecular complexity index is 985. The van der Waals surface area contributed by atoms with Gasteiger partial charge < -0.3 is 9.32 Å². The Morgan fingerprint density at radius 2 is 1.85 bits per heavy atom. The van der Waals surface area contributed by atoms with Gasteiger partial charge in [-0.15, -0.1) is 10.2 Å². The summed E-state index contributed by atoms with van der Waals surface area (Å²) in [7, 11) is -3.80. The molecule has 142 valence electrons. The standard InChI is InChI=1S/C17H19N5O4S/c1-12(2)15-19-20-16(26-15)17(23)21-7-9-22(10-8-21)27(24,25)14-6-4-3-5-13(14)11-18/h3-6,12H,7-10H2,1-2H3. The maximum atomic E-state index is 12.8. The van der Waals surface area contributed by atoms with Gasteiger partial charge >= 0.3 is 11.8 Å². The molecule has 2 aromatic rings. The van der Waals surface area contributed by atoms with Crippen molar-refractivity contribution in [2.24, 2.45) is 0 Å². The van der Waals surface area contributed by atoms with Crippen molar-refractivity contribution < 1.29 is 17.6 Å². The highest BCUT2D eigenvalue weighted by Gasteiger charge is 2.33. The van der Waals surface area contributed by atoms with E-state index in [4.69, 9.17) is 9.68 Å². The van der Waals surface area contributed by atoms with Gasteiger partial charge in [-0.3, -0.25) is 4.79 Å². The second kappa shape index (κ2) is 7.46. The molecule has 0 saturated carbocycles. The quantitative estimate of drug-likeness (QED) is 0.770. The van der Waals surface area contributed by atoms with Crippen molar-refractivity contribution in [3.63, 3.8) is 0 Å². The van der Waals surface area contributed by atoms with Gasteiger partial charge in [0.2, 0.25) is 15.9 Å². The SMILES string of the molecule is CC(C)c1nnc(C(=O)N2CCN(S(=O)(=O)c3ccccc3C#N)CC2)o1. The minimum Gasteiger partial charge on any atom is -0.417 e.